The molecular formula is C24H29N5O2. The number of fused-ring (bicyclic) bond motifs is 1. The second kappa shape index (κ2) is 7.18. The van der Waals surface area contributed by atoms with E-state index in [4.69, 9.17) is 0 Å². The van der Waals surface area contributed by atoms with Gasteiger partial charge in [0.15, 0.2) is 5.82 Å². The minimum atomic E-state index is -0.308. The molecule has 1 aromatic carbocycles. The standard InChI is InChI=1S/C24H29N5O2/c30-22(17-8-9-17)27-13-14-29-20(16-27)25-26-21(29)18-5-4-12-28(15-18)23(31)24(10-11-24)19-6-2-1-3-7-19/h1-3,6-7,17-18H,4-5,8-16H2. The van der Waals surface area contributed by atoms with Crippen molar-refractivity contribution >= 4 is 11.8 Å². The maximum absolute atomic E-state index is 13.5. The predicted molar refractivity (Wildman–Crippen MR) is 114 cm³/mol. The summed E-state index contributed by atoms with van der Waals surface area (Å²) in [6, 6.07) is 10.3. The largest absolute Gasteiger partial charge is 0.341 e. The molecule has 3 heterocycles. The highest BCUT2D eigenvalue weighted by molar-refractivity contribution is 5.91. The van der Waals surface area contributed by atoms with Gasteiger partial charge in [-0.05, 0) is 44.1 Å². The quantitative estimate of drug-likeness (QED) is 0.763. The Morgan fingerprint density at radius 1 is 0.935 bits per heavy atom. The van der Waals surface area contributed by atoms with Crippen molar-refractivity contribution in [2.75, 3.05) is 19.6 Å². The summed E-state index contributed by atoms with van der Waals surface area (Å²) in [6.45, 7) is 3.61. The molecule has 162 valence electrons. The maximum Gasteiger partial charge on any atom is 0.233 e. The second-order valence-corrected chi connectivity index (χ2v) is 9.70. The van der Waals surface area contributed by atoms with E-state index >= 15 is 0 Å². The highest BCUT2D eigenvalue weighted by Crippen LogP contribution is 2.50. The van der Waals surface area contributed by atoms with Gasteiger partial charge >= 0.3 is 0 Å². The SMILES string of the molecule is O=C(C1CC1)N1CCn2c(nnc2C2CCCN(C(=O)C3(c4ccccc4)CC3)C2)C1. The van der Waals surface area contributed by atoms with Crippen molar-refractivity contribution < 1.29 is 9.59 Å². The molecule has 31 heavy (non-hydrogen) atoms. The van der Waals surface area contributed by atoms with Crippen LogP contribution in [0.5, 0.6) is 0 Å². The Labute approximate surface area is 182 Å². The third-order valence-corrected chi connectivity index (χ3v) is 7.58. The number of nitrogens with zero attached hydrogens (tertiary/aromatic N) is 5. The summed E-state index contributed by atoms with van der Waals surface area (Å²) in [5.74, 6) is 2.91. The zero-order chi connectivity index (χ0) is 21.0. The van der Waals surface area contributed by atoms with Crippen molar-refractivity contribution in [3.63, 3.8) is 0 Å². The van der Waals surface area contributed by atoms with Crippen molar-refractivity contribution in [3.05, 3.63) is 47.5 Å². The number of benzene rings is 1. The Morgan fingerprint density at radius 3 is 2.48 bits per heavy atom. The van der Waals surface area contributed by atoms with Crippen LogP contribution in [0.4, 0.5) is 0 Å². The summed E-state index contributed by atoms with van der Waals surface area (Å²) in [6.07, 6.45) is 5.98. The summed E-state index contributed by atoms with van der Waals surface area (Å²) >= 11 is 0. The van der Waals surface area contributed by atoms with Crippen molar-refractivity contribution in [2.45, 2.75) is 62.9 Å². The van der Waals surface area contributed by atoms with Gasteiger partial charge in [-0.1, -0.05) is 30.3 Å². The molecule has 0 radical (unpaired) electrons. The molecule has 0 bridgehead atoms. The van der Waals surface area contributed by atoms with Crippen LogP contribution in [0.2, 0.25) is 0 Å². The molecule has 2 aliphatic carbocycles. The van der Waals surface area contributed by atoms with Gasteiger partial charge in [-0.15, -0.1) is 10.2 Å². The van der Waals surface area contributed by atoms with Crippen LogP contribution in [0.15, 0.2) is 30.3 Å². The van der Waals surface area contributed by atoms with Crippen molar-refractivity contribution in [1.82, 2.24) is 24.6 Å². The molecule has 2 aromatic rings. The van der Waals surface area contributed by atoms with E-state index in [1.807, 2.05) is 23.1 Å². The molecular weight excluding hydrogens is 390 g/mol. The molecule has 2 saturated carbocycles. The van der Waals surface area contributed by atoms with E-state index in [9.17, 15) is 9.59 Å². The topological polar surface area (TPSA) is 71.3 Å². The summed E-state index contributed by atoms with van der Waals surface area (Å²) < 4.78 is 2.21. The molecule has 0 spiro atoms. The van der Waals surface area contributed by atoms with E-state index in [2.05, 4.69) is 31.8 Å². The Balaban J connectivity index is 1.18. The fraction of sp³-hybridized carbons (Fsp3) is 0.583. The monoisotopic (exact) mass is 419 g/mol. The van der Waals surface area contributed by atoms with Gasteiger partial charge in [-0.25, -0.2) is 0 Å². The summed E-state index contributed by atoms with van der Waals surface area (Å²) in [7, 11) is 0. The molecule has 7 heteroatoms. The predicted octanol–water partition coefficient (Wildman–Crippen LogP) is 2.47. The van der Waals surface area contributed by atoms with E-state index in [0.717, 1.165) is 81.9 Å². The lowest BCUT2D eigenvalue weighted by Crippen LogP contribution is -2.45. The Bertz CT molecular complexity index is 1010. The third kappa shape index (κ3) is 3.25. The first-order valence-electron chi connectivity index (χ1n) is 11.7. The number of aromatic nitrogens is 3. The highest BCUT2D eigenvalue weighted by Gasteiger charge is 2.53. The number of piperidine rings is 1. The number of hydrogen-bond donors (Lipinski definition) is 0. The molecule has 1 atom stereocenters. The fourth-order valence-corrected chi connectivity index (χ4v) is 5.44. The lowest BCUT2D eigenvalue weighted by molar-refractivity contribution is -0.135. The Kier molecular flexibility index (Phi) is 4.40. The molecule has 6 rings (SSSR count). The van der Waals surface area contributed by atoms with Crippen molar-refractivity contribution in [3.8, 4) is 0 Å². The summed E-state index contributed by atoms with van der Waals surface area (Å²) in [4.78, 5) is 30.0. The van der Waals surface area contributed by atoms with Gasteiger partial charge in [0.05, 0.1) is 12.0 Å². The first-order valence-corrected chi connectivity index (χ1v) is 11.7. The van der Waals surface area contributed by atoms with E-state index in [1.54, 1.807) is 0 Å². The Hall–Kier alpha value is -2.70. The van der Waals surface area contributed by atoms with Gasteiger partial charge in [0, 0.05) is 38.0 Å². The van der Waals surface area contributed by atoms with E-state index < -0.39 is 0 Å². The molecule has 0 N–H and O–H groups in total. The molecule has 1 saturated heterocycles. The maximum atomic E-state index is 13.5. The number of likely N-dealkylation sites (tertiary alicyclic amines) is 1. The molecule has 3 fully saturated rings. The minimum Gasteiger partial charge on any atom is -0.341 e. The molecule has 1 aromatic heterocycles. The number of rotatable bonds is 4. The van der Waals surface area contributed by atoms with Crippen LogP contribution in [-0.4, -0.2) is 56.0 Å². The minimum absolute atomic E-state index is 0.219. The first kappa shape index (κ1) is 19.0. The normalized spacial score (nSPS) is 24.6. The van der Waals surface area contributed by atoms with E-state index in [0.29, 0.717) is 6.54 Å². The fourth-order valence-electron chi connectivity index (χ4n) is 5.44. The van der Waals surface area contributed by atoms with Gasteiger partial charge in [0.25, 0.3) is 0 Å². The van der Waals surface area contributed by atoms with Gasteiger partial charge in [-0.2, -0.15) is 0 Å². The van der Waals surface area contributed by atoms with Crippen LogP contribution in [-0.2, 0) is 28.1 Å². The molecule has 1 unspecified atom stereocenters. The van der Waals surface area contributed by atoms with Crippen LogP contribution in [0.3, 0.4) is 0 Å². The number of hydrogen-bond acceptors (Lipinski definition) is 4. The number of amides is 2. The van der Waals surface area contributed by atoms with Gasteiger partial charge in [0.2, 0.25) is 11.8 Å². The van der Waals surface area contributed by atoms with E-state index in [-0.39, 0.29) is 29.1 Å². The highest BCUT2D eigenvalue weighted by atomic mass is 16.2. The molecule has 2 aliphatic heterocycles. The summed E-state index contributed by atoms with van der Waals surface area (Å²) in [5, 5.41) is 8.98. The number of carbonyl (C=O) groups is 2. The number of carbonyl (C=O) groups excluding carboxylic acids is 2. The smallest absolute Gasteiger partial charge is 0.233 e. The van der Waals surface area contributed by atoms with Crippen LogP contribution in [0.1, 0.15) is 61.7 Å². The molecule has 2 amide bonds. The van der Waals surface area contributed by atoms with Crippen LogP contribution in [0, 0.1) is 5.92 Å². The van der Waals surface area contributed by atoms with E-state index in [1.165, 1.54) is 0 Å². The summed E-state index contributed by atoms with van der Waals surface area (Å²) in [5.41, 5.74) is 0.847. The lowest BCUT2D eigenvalue weighted by atomic mass is 9.91. The lowest BCUT2D eigenvalue weighted by Gasteiger charge is -2.36. The van der Waals surface area contributed by atoms with Crippen LogP contribution in [0.25, 0.3) is 0 Å². The average molecular weight is 420 g/mol. The zero-order valence-corrected chi connectivity index (χ0v) is 17.9. The van der Waals surface area contributed by atoms with Crippen molar-refractivity contribution in [2.24, 2.45) is 5.92 Å². The van der Waals surface area contributed by atoms with Gasteiger partial charge in [0.1, 0.15) is 5.82 Å². The van der Waals surface area contributed by atoms with Crippen LogP contribution < -0.4 is 0 Å². The second-order valence-electron chi connectivity index (χ2n) is 9.70. The van der Waals surface area contributed by atoms with Gasteiger partial charge in [-0.3, -0.25) is 9.59 Å². The van der Waals surface area contributed by atoms with Crippen LogP contribution >= 0.6 is 0 Å². The van der Waals surface area contributed by atoms with Gasteiger partial charge < -0.3 is 14.4 Å². The third-order valence-electron chi connectivity index (χ3n) is 7.58. The average Bonchev–Trinajstić information content (AvgIpc) is 3.75. The van der Waals surface area contributed by atoms with Crippen molar-refractivity contribution in [1.29, 1.82) is 0 Å². The Morgan fingerprint density at radius 2 is 1.74 bits per heavy atom. The molecule has 7 nitrogen and oxygen atoms in total. The first-order chi connectivity index (χ1) is 15.2. The molecule has 4 aliphatic rings. The zero-order valence-electron chi connectivity index (χ0n) is 17.9.